The van der Waals surface area contributed by atoms with Crippen LogP contribution in [0.3, 0.4) is 0 Å². The zero-order chi connectivity index (χ0) is 17.7. The van der Waals surface area contributed by atoms with E-state index < -0.39 is 5.92 Å². The van der Waals surface area contributed by atoms with Gasteiger partial charge in [-0.05, 0) is 32.0 Å². The van der Waals surface area contributed by atoms with Gasteiger partial charge in [-0.15, -0.1) is 5.10 Å². The number of allylic oxidation sites excluding steroid dienone is 1. The lowest BCUT2D eigenvalue weighted by Crippen LogP contribution is -2.21. The molecule has 25 heavy (non-hydrogen) atoms. The molecule has 0 spiro atoms. The van der Waals surface area contributed by atoms with Crippen molar-refractivity contribution in [2.75, 3.05) is 0 Å². The van der Waals surface area contributed by atoms with Crippen LogP contribution in [0.4, 0.5) is 0 Å². The summed E-state index contributed by atoms with van der Waals surface area (Å²) in [5.74, 6) is -0.0799. The second-order valence-electron chi connectivity index (χ2n) is 6.06. The Morgan fingerprint density at radius 1 is 1.32 bits per heavy atom. The molecule has 0 saturated carbocycles. The Bertz CT molecular complexity index is 1090. The summed E-state index contributed by atoms with van der Waals surface area (Å²) in [6.07, 6.45) is 0. The second kappa shape index (κ2) is 5.50. The van der Waals surface area contributed by atoms with Gasteiger partial charge < -0.3 is 10.5 Å². The number of aromatic nitrogens is 3. The maximum Gasteiger partial charge on any atom is 0.244 e. The summed E-state index contributed by atoms with van der Waals surface area (Å²) in [5, 5.41) is 17.9. The van der Waals surface area contributed by atoms with Crippen molar-refractivity contribution >= 4 is 22.5 Å². The predicted molar refractivity (Wildman–Crippen MR) is 94.1 cm³/mol. The van der Waals surface area contributed by atoms with E-state index in [0.29, 0.717) is 22.2 Å². The van der Waals surface area contributed by atoms with Crippen LogP contribution >= 0.6 is 11.6 Å². The lowest BCUT2D eigenvalue weighted by molar-refractivity contribution is 0.379. The van der Waals surface area contributed by atoms with E-state index in [2.05, 4.69) is 21.3 Å². The Kier molecular flexibility index (Phi) is 3.41. The monoisotopic (exact) mass is 351 g/mol. The topological polar surface area (TPSA) is 101 Å². The molecule has 3 heterocycles. The van der Waals surface area contributed by atoms with E-state index in [9.17, 15) is 5.26 Å². The van der Waals surface area contributed by atoms with Gasteiger partial charge in [0.25, 0.3) is 0 Å². The molecule has 0 radical (unpaired) electrons. The average Bonchev–Trinajstić information content (AvgIpc) is 2.94. The smallest absolute Gasteiger partial charge is 0.244 e. The summed E-state index contributed by atoms with van der Waals surface area (Å²) >= 11 is 6.48. The van der Waals surface area contributed by atoms with Gasteiger partial charge in [0.2, 0.25) is 11.8 Å². The van der Waals surface area contributed by atoms with Crippen molar-refractivity contribution < 1.29 is 4.74 Å². The van der Waals surface area contributed by atoms with Crippen LogP contribution in [0.1, 0.15) is 28.3 Å². The van der Waals surface area contributed by atoms with Gasteiger partial charge in [0.05, 0.1) is 11.4 Å². The number of nitriles is 1. The Morgan fingerprint density at radius 3 is 2.88 bits per heavy atom. The molecular weight excluding hydrogens is 338 g/mol. The molecule has 0 unspecified atom stereocenters. The van der Waals surface area contributed by atoms with E-state index in [-0.39, 0.29) is 5.88 Å². The number of rotatable bonds is 1. The molecule has 3 N–H and O–H groups in total. The van der Waals surface area contributed by atoms with E-state index in [1.807, 2.05) is 38.1 Å². The van der Waals surface area contributed by atoms with Gasteiger partial charge in [0, 0.05) is 22.2 Å². The van der Waals surface area contributed by atoms with Crippen molar-refractivity contribution in [3.05, 3.63) is 63.3 Å². The number of fused-ring (bicyclic) bond motifs is 2. The number of aromatic amines is 1. The quantitative estimate of drug-likeness (QED) is 0.654. The number of ether oxygens (including phenoxy) is 1. The summed E-state index contributed by atoms with van der Waals surface area (Å²) in [5.41, 5.74) is 10.4. The highest BCUT2D eigenvalue weighted by Crippen LogP contribution is 2.44. The number of H-pyrrole nitrogens is 1. The molecular formula is C18H14ClN5O. The number of halogens is 1. The molecule has 1 atom stereocenters. The molecule has 6 nitrogen and oxygen atoms in total. The van der Waals surface area contributed by atoms with Crippen LogP contribution in [0.15, 0.2) is 35.7 Å². The molecule has 0 aliphatic carbocycles. The molecule has 1 aliphatic rings. The summed E-state index contributed by atoms with van der Waals surface area (Å²) < 4.78 is 5.48. The highest BCUT2D eigenvalue weighted by Gasteiger charge is 2.35. The van der Waals surface area contributed by atoms with Crippen molar-refractivity contribution in [1.29, 1.82) is 5.26 Å². The standard InChI is InChI=1S/C18H14ClN5O/c1-8-3-4-13-10(5-8)6-11(16(19)22-13)15-12(7-20)17(21)25-18-14(15)9(2)23-24-18/h3-6,15H,21H2,1-2H3,(H,23,24)/t15-/m0/s1. The molecule has 0 saturated heterocycles. The normalized spacial score (nSPS) is 16.5. The van der Waals surface area contributed by atoms with E-state index >= 15 is 0 Å². The molecule has 1 aliphatic heterocycles. The van der Waals surface area contributed by atoms with Gasteiger partial charge in [-0.3, -0.25) is 5.10 Å². The van der Waals surface area contributed by atoms with Crippen LogP contribution in [-0.4, -0.2) is 15.2 Å². The fraction of sp³-hybridized carbons (Fsp3) is 0.167. The van der Waals surface area contributed by atoms with Crippen molar-refractivity contribution in [2.45, 2.75) is 19.8 Å². The first-order valence-electron chi connectivity index (χ1n) is 7.69. The van der Waals surface area contributed by atoms with E-state index in [0.717, 1.165) is 27.7 Å². The number of nitrogens with one attached hydrogen (secondary N) is 1. The number of hydrogen-bond donors (Lipinski definition) is 2. The van der Waals surface area contributed by atoms with Crippen LogP contribution in [-0.2, 0) is 0 Å². The Labute approximate surface area is 148 Å². The third-order valence-electron chi connectivity index (χ3n) is 4.39. The van der Waals surface area contributed by atoms with Gasteiger partial charge in [-0.1, -0.05) is 23.2 Å². The van der Waals surface area contributed by atoms with Crippen molar-refractivity contribution in [3.8, 4) is 11.9 Å². The van der Waals surface area contributed by atoms with Gasteiger partial charge >= 0.3 is 0 Å². The minimum absolute atomic E-state index is 0.0342. The average molecular weight is 352 g/mol. The molecule has 7 heteroatoms. The number of benzene rings is 1. The summed E-state index contributed by atoms with van der Waals surface area (Å²) in [7, 11) is 0. The minimum Gasteiger partial charge on any atom is -0.420 e. The number of nitrogens with two attached hydrogens (primary N) is 1. The number of aryl methyl sites for hydroxylation is 2. The van der Waals surface area contributed by atoms with E-state index in [1.54, 1.807) is 0 Å². The molecule has 3 aromatic rings. The van der Waals surface area contributed by atoms with Crippen molar-refractivity contribution in [1.82, 2.24) is 15.2 Å². The van der Waals surface area contributed by atoms with Crippen LogP contribution in [0, 0.1) is 25.2 Å². The van der Waals surface area contributed by atoms with Crippen LogP contribution in [0.25, 0.3) is 10.9 Å². The Hall–Kier alpha value is -3.04. The van der Waals surface area contributed by atoms with Gasteiger partial charge in [-0.25, -0.2) is 4.98 Å². The number of nitrogens with zero attached hydrogens (tertiary/aromatic N) is 3. The van der Waals surface area contributed by atoms with Crippen molar-refractivity contribution in [3.63, 3.8) is 0 Å². The highest BCUT2D eigenvalue weighted by molar-refractivity contribution is 6.30. The number of pyridine rings is 1. The molecule has 0 fully saturated rings. The van der Waals surface area contributed by atoms with Crippen LogP contribution in [0.2, 0.25) is 5.15 Å². The second-order valence-corrected chi connectivity index (χ2v) is 6.41. The summed E-state index contributed by atoms with van der Waals surface area (Å²) in [4.78, 5) is 4.49. The lowest BCUT2D eigenvalue weighted by Gasteiger charge is -2.24. The fourth-order valence-electron chi connectivity index (χ4n) is 3.20. The molecule has 0 amide bonds. The largest absolute Gasteiger partial charge is 0.420 e. The summed E-state index contributed by atoms with van der Waals surface area (Å²) in [6, 6.07) is 10.0. The predicted octanol–water partition coefficient (Wildman–Crippen LogP) is 3.45. The highest BCUT2D eigenvalue weighted by atomic mass is 35.5. The van der Waals surface area contributed by atoms with Crippen molar-refractivity contribution in [2.24, 2.45) is 5.73 Å². The lowest BCUT2D eigenvalue weighted by atomic mass is 9.84. The third-order valence-corrected chi connectivity index (χ3v) is 4.69. The molecule has 1 aromatic carbocycles. The molecule has 2 aromatic heterocycles. The SMILES string of the molecule is Cc1ccc2nc(Cl)c([C@H]3C(C#N)=C(N)Oc4n[nH]c(C)c43)cc2c1. The third kappa shape index (κ3) is 2.32. The first-order chi connectivity index (χ1) is 12.0. The van der Waals surface area contributed by atoms with E-state index in [4.69, 9.17) is 22.1 Å². The molecule has 0 bridgehead atoms. The first kappa shape index (κ1) is 15.5. The zero-order valence-corrected chi connectivity index (χ0v) is 14.3. The summed E-state index contributed by atoms with van der Waals surface area (Å²) in [6.45, 7) is 3.88. The zero-order valence-electron chi connectivity index (χ0n) is 13.6. The van der Waals surface area contributed by atoms with Crippen LogP contribution < -0.4 is 10.5 Å². The maximum atomic E-state index is 9.63. The molecule has 124 valence electrons. The fourth-order valence-corrected chi connectivity index (χ4v) is 3.46. The minimum atomic E-state index is -0.475. The molecule has 4 rings (SSSR count). The maximum absolute atomic E-state index is 9.63. The first-order valence-corrected chi connectivity index (χ1v) is 8.06. The van der Waals surface area contributed by atoms with Crippen LogP contribution in [0.5, 0.6) is 5.88 Å². The van der Waals surface area contributed by atoms with E-state index in [1.165, 1.54) is 0 Å². The number of hydrogen-bond acceptors (Lipinski definition) is 5. The Balaban J connectivity index is 2.02. The Morgan fingerprint density at radius 2 is 2.12 bits per heavy atom. The van der Waals surface area contributed by atoms with Gasteiger partial charge in [-0.2, -0.15) is 5.26 Å². The van der Waals surface area contributed by atoms with Gasteiger partial charge in [0.1, 0.15) is 16.8 Å². The van der Waals surface area contributed by atoms with Gasteiger partial charge in [0.15, 0.2) is 0 Å².